The summed E-state index contributed by atoms with van der Waals surface area (Å²) in [6, 6.07) is 0. The number of hydrogen-bond acceptors (Lipinski definition) is 3. The maximum Gasteiger partial charge on any atom is 0.401 e. The summed E-state index contributed by atoms with van der Waals surface area (Å²) in [6.45, 7) is 1.60. The number of halogens is 3. The van der Waals surface area contributed by atoms with Gasteiger partial charge in [-0.3, -0.25) is 9.69 Å². The Labute approximate surface area is 97.8 Å². The van der Waals surface area contributed by atoms with E-state index in [0.29, 0.717) is 19.5 Å². The predicted octanol–water partition coefficient (Wildman–Crippen LogP) is 1.08. The fourth-order valence-electron chi connectivity index (χ4n) is 2.13. The van der Waals surface area contributed by atoms with Crippen molar-refractivity contribution in [3.63, 3.8) is 0 Å². The van der Waals surface area contributed by atoms with Crippen LogP contribution in [0.4, 0.5) is 13.2 Å². The molecule has 1 rings (SSSR count). The van der Waals surface area contributed by atoms with Crippen LogP contribution in [0.25, 0.3) is 0 Å². The van der Waals surface area contributed by atoms with Gasteiger partial charge in [0.15, 0.2) is 0 Å². The molecule has 0 atom stereocenters. The molecule has 4 nitrogen and oxygen atoms in total. The average Bonchev–Trinajstić information content (AvgIpc) is 2.08. The smallest absolute Gasteiger partial charge is 0.401 e. The third kappa shape index (κ3) is 3.85. The van der Waals surface area contributed by atoms with Gasteiger partial charge in [-0.2, -0.15) is 13.2 Å². The SMILES string of the molecule is CCCN(CC(F)(F)F)C1(CC(=O)O)CNC1. The number of rotatable bonds is 6. The molecule has 17 heavy (non-hydrogen) atoms. The van der Waals surface area contributed by atoms with Gasteiger partial charge in [-0.1, -0.05) is 6.92 Å². The van der Waals surface area contributed by atoms with Gasteiger partial charge < -0.3 is 10.4 Å². The topological polar surface area (TPSA) is 52.6 Å². The molecule has 0 spiro atoms. The lowest BCUT2D eigenvalue weighted by molar-refractivity contribution is -0.169. The number of nitrogens with one attached hydrogen (secondary N) is 1. The molecule has 0 unspecified atom stereocenters. The van der Waals surface area contributed by atoms with Crippen molar-refractivity contribution in [2.24, 2.45) is 0 Å². The Morgan fingerprint density at radius 2 is 2.06 bits per heavy atom. The zero-order valence-corrected chi connectivity index (χ0v) is 9.68. The molecular weight excluding hydrogens is 237 g/mol. The molecule has 0 aromatic heterocycles. The number of alkyl halides is 3. The monoisotopic (exact) mass is 254 g/mol. The molecule has 0 aromatic carbocycles. The van der Waals surface area contributed by atoms with Crippen LogP contribution in [0.15, 0.2) is 0 Å². The summed E-state index contributed by atoms with van der Waals surface area (Å²) in [5, 5.41) is 11.7. The Kier molecular flexibility index (Phi) is 4.37. The highest BCUT2D eigenvalue weighted by molar-refractivity contribution is 5.68. The van der Waals surface area contributed by atoms with Crippen molar-refractivity contribution < 1.29 is 23.1 Å². The van der Waals surface area contributed by atoms with Crippen molar-refractivity contribution in [2.45, 2.75) is 31.5 Å². The van der Waals surface area contributed by atoms with E-state index in [2.05, 4.69) is 5.32 Å². The molecule has 1 saturated heterocycles. The van der Waals surface area contributed by atoms with E-state index < -0.39 is 24.2 Å². The minimum absolute atomic E-state index is 0.254. The molecule has 0 amide bonds. The molecule has 0 aromatic rings. The maximum absolute atomic E-state index is 12.4. The van der Waals surface area contributed by atoms with E-state index in [1.165, 1.54) is 4.90 Å². The van der Waals surface area contributed by atoms with Gasteiger partial charge in [0.2, 0.25) is 0 Å². The summed E-state index contributed by atoms with van der Waals surface area (Å²) in [4.78, 5) is 12.0. The Morgan fingerprint density at radius 1 is 1.47 bits per heavy atom. The van der Waals surface area contributed by atoms with Crippen molar-refractivity contribution in [2.75, 3.05) is 26.2 Å². The second kappa shape index (κ2) is 5.22. The van der Waals surface area contributed by atoms with Crippen molar-refractivity contribution in [3.05, 3.63) is 0 Å². The molecule has 7 heteroatoms. The first kappa shape index (κ1) is 14.2. The minimum Gasteiger partial charge on any atom is -0.481 e. The third-order valence-corrected chi connectivity index (χ3v) is 2.92. The van der Waals surface area contributed by atoms with E-state index in [1.54, 1.807) is 6.92 Å². The highest BCUT2D eigenvalue weighted by Crippen LogP contribution is 2.29. The first-order valence-electron chi connectivity index (χ1n) is 5.53. The van der Waals surface area contributed by atoms with Gasteiger partial charge in [0.05, 0.1) is 18.5 Å². The van der Waals surface area contributed by atoms with Crippen LogP contribution in [-0.2, 0) is 4.79 Å². The number of nitrogens with zero attached hydrogens (tertiary/aromatic N) is 1. The summed E-state index contributed by atoms with van der Waals surface area (Å²) in [5.41, 5.74) is -0.878. The number of carboxylic acids is 1. The van der Waals surface area contributed by atoms with E-state index >= 15 is 0 Å². The van der Waals surface area contributed by atoms with E-state index in [0.717, 1.165) is 0 Å². The van der Waals surface area contributed by atoms with Gasteiger partial charge in [-0.05, 0) is 13.0 Å². The van der Waals surface area contributed by atoms with Crippen LogP contribution in [0.2, 0.25) is 0 Å². The fraction of sp³-hybridized carbons (Fsp3) is 0.900. The van der Waals surface area contributed by atoms with Crippen LogP contribution in [0.1, 0.15) is 19.8 Å². The first-order chi connectivity index (χ1) is 7.79. The standard InChI is InChI=1S/C10H17F3N2O2/c1-2-3-15(7-10(11,12)13)9(4-8(16)17)5-14-6-9/h14H,2-7H2,1H3,(H,16,17). The summed E-state index contributed by atoms with van der Waals surface area (Å²) in [7, 11) is 0. The van der Waals surface area contributed by atoms with Crippen molar-refractivity contribution >= 4 is 5.97 Å². The second-order valence-corrected chi connectivity index (χ2v) is 4.44. The second-order valence-electron chi connectivity index (χ2n) is 4.44. The normalized spacial score (nSPS) is 19.1. The van der Waals surface area contributed by atoms with Gasteiger partial charge in [0.1, 0.15) is 0 Å². The van der Waals surface area contributed by atoms with Crippen molar-refractivity contribution in [1.82, 2.24) is 10.2 Å². The maximum atomic E-state index is 12.4. The summed E-state index contributed by atoms with van der Waals surface area (Å²) in [5.74, 6) is -1.06. The molecule has 0 aliphatic carbocycles. The average molecular weight is 254 g/mol. The van der Waals surface area contributed by atoms with E-state index in [1.807, 2.05) is 0 Å². The van der Waals surface area contributed by atoms with Crippen LogP contribution in [0.3, 0.4) is 0 Å². The van der Waals surface area contributed by atoms with Gasteiger partial charge >= 0.3 is 12.1 Å². The Balaban J connectivity index is 2.75. The molecule has 2 N–H and O–H groups in total. The minimum atomic E-state index is -4.30. The highest BCUT2D eigenvalue weighted by Gasteiger charge is 2.47. The van der Waals surface area contributed by atoms with E-state index in [-0.39, 0.29) is 13.0 Å². The zero-order valence-electron chi connectivity index (χ0n) is 9.68. The number of carbonyl (C=O) groups is 1. The predicted molar refractivity (Wildman–Crippen MR) is 55.8 cm³/mol. The Hall–Kier alpha value is -0.820. The van der Waals surface area contributed by atoms with Crippen LogP contribution < -0.4 is 5.32 Å². The fourth-order valence-corrected chi connectivity index (χ4v) is 2.13. The molecule has 0 bridgehead atoms. The highest BCUT2D eigenvalue weighted by atomic mass is 19.4. The van der Waals surface area contributed by atoms with Crippen LogP contribution in [0.5, 0.6) is 0 Å². The zero-order chi connectivity index (χ0) is 13.1. The quantitative estimate of drug-likeness (QED) is 0.744. The molecule has 1 aliphatic rings. The van der Waals surface area contributed by atoms with E-state index in [4.69, 9.17) is 5.11 Å². The summed E-state index contributed by atoms with van der Waals surface area (Å²) < 4.78 is 37.3. The Bertz CT molecular complexity index is 277. The number of carboxylic acid groups (broad SMARTS) is 1. The van der Waals surface area contributed by atoms with Gasteiger partial charge in [0.25, 0.3) is 0 Å². The molecule has 100 valence electrons. The third-order valence-electron chi connectivity index (χ3n) is 2.92. The molecule has 1 aliphatic heterocycles. The van der Waals surface area contributed by atoms with Crippen LogP contribution in [-0.4, -0.2) is 53.9 Å². The molecule has 0 radical (unpaired) electrons. The van der Waals surface area contributed by atoms with Crippen LogP contribution >= 0.6 is 0 Å². The summed E-state index contributed by atoms with van der Waals surface area (Å²) >= 11 is 0. The molecule has 1 fully saturated rings. The largest absolute Gasteiger partial charge is 0.481 e. The summed E-state index contributed by atoms with van der Waals surface area (Å²) in [6.07, 6.45) is -3.98. The lowest BCUT2D eigenvalue weighted by atomic mass is 9.86. The van der Waals surface area contributed by atoms with Gasteiger partial charge in [-0.25, -0.2) is 0 Å². The molecule has 0 saturated carbocycles. The number of aliphatic carboxylic acids is 1. The molecular formula is C10H17F3N2O2. The van der Waals surface area contributed by atoms with E-state index in [9.17, 15) is 18.0 Å². The van der Waals surface area contributed by atoms with Gasteiger partial charge in [0, 0.05) is 13.1 Å². The van der Waals surface area contributed by atoms with Gasteiger partial charge in [-0.15, -0.1) is 0 Å². The number of hydrogen-bond donors (Lipinski definition) is 2. The van der Waals surface area contributed by atoms with Crippen LogP contribution in [0, 0.1) is 0 Å². The van der Waals surface area contributed by atoms with Crippen molar-refractivity contribution in [1.29, 1.82) is 0 Å². The Morgan fingerprint density at radius 3 is 2.35 bits per heavy atom. The lowest BCUT2D eigenvalue weighted by Crippen LogP contribution is -2.70. The first-order valence-corrected chi connectivity index (χ1v) is 5.53. The lowest BCUT2D eigenvalue weighted by Gasteiger charge is -2.50. The van der Waals surface area contributed by atoms with Crippen molar-refractivity contribution in [3.8, 4) is 0 Å². The molecule has 1 heterocycles.